The summed E-state index contributed by atoms with van der Waals surface area (Å²) in [5.74, 6) is -0.662. The third kappa shape index (κ3) is 4.95. The number of benzene rings is 1. The summed E-state index contributed by atoms with van der Waals surface area (Å²) in [7, 11) is 1.18. The van der Waals surface area contributed by atoms with Gasteiger partial charge in [-0.25, -0.2) is 4.79 Å². The molecule has 1 aromatic rings. The van der Waals surface area contributed by atoms with Crippen LogP contribution in [0.3, 0.4) is 0 Å². The number of ether oxygens (including phenoxy) is 2. The first-order chi connectivity index (χ1) is 9.85. The van der Waals surface area contributed by atoms with Crippen LogP contribution in [0, 0.1) is 10.1 Å². The van der Waals surface area contributed by atoms with Crippen molar-refractivity contribution in [2.45, 2.75) is 19.6 Å². The predicted octanol–water partition coefficient (Wildman–Crippen LogP) is 2.42. The Morgan fingerprint density at radius 3 is 2.67 bits per heavy atom. The minimum atomic E-state index is -2.93. The van der Waals surface area contributed by atoms with Gasteiger partial charge in [0.15, 0.2) is 0 Å². The standard InChI is InChI=1S/C12H14F2N2O5/c1-7(21-12(13)14)6-15-9-5-8(11(17)20-2)3-4-10(9)16(18)19/h3-5,7,12,15H,6H2,1-2H3. The molecule has 1 atom stereocenters. The molecule has 0 bridgehead atoms. The summed E-state index contributed by atoms with van der Waals surface area (Å²) < 4.78 is 32.8. The smallest absolute Gasteiger partial charge is 0.345 e. The third-order valence-corrected chi connectivity index (χ3v) is 2.53. The molecule has 0 radical (unpaired) electrons. The number of anilines is 1. The first-order valence-corrected chi connectivity index (χ1v) is 5.89. The number of nitrogens with one attached hydrogen (secondary N) is 1. The fraction of sp³-hybridized carbons (Fsp3) is 0.417. The zero-order chi connectivity index (χ0) is 16.0. The SMILES string of the molecule is COC(=O)c1ccc([N+](=O)[O-])c(NCC(C)OC(F)F)c1. The van der Waals surface area contributed by atoms with Crippen molar-refractivity contribution in [1.82, 2.24) is 0 Å². The average Bonchev–Trinajstić information content (AvgIpc) is 2.43. The van der Waals surface area contributed by atoms with E-state index in [1.54, 1.807) is 0 Å². The molecule has 0 aromatic heterocycles. The Balaban J connectivity index is 2.91. The number of halogens is 2. The van der Waals surface area contributed by atoms with E-state index in [0.29, 0.717) is 0 Å². The Morgan fingerprint density at radius 1 is 1.48 bits per heavy atom. The van der Waals surface area contributed by atoms with Crippen LogP contribution in [0.5, 0.6) is 0 Å². The van der Waals surface area contributed by atoms with Crippen molar-refractivity contribution in [3.8, 4) is 0 Å². The predicted molar refractivity (Wildman–Crippen MR) is 69.5 cm³/mol. The zero-order valence-electron chi connectivity index (χ0n) is 11.3. The Morgan fingerprint density at radius 2 is 2.14 bits per heavy atom. The molecular formula is C12H14F2N2O5. The van der Waals surface area contributed by atoms with Gasteiger partial charge in [0.2, 0.25) is 0 Å². The molecule has 0 heterocycles. The van der Waals surface area contributed by atoms with Crippen LogP contribution in [-0.2, 0) is 9.47 Å². The van der Waals surface area contributed by atoms with Crippen LogP contribution in [0.2, 0.25) is 0 Å². The van der Waals surface area contributed by atoms with Crippen LogP contribution in [0.4, 0.5) is 20.2 Å². The number of nitrogens with zero attached hydrogens (tertiary/aromatic N) is 1. The first kappa shape index (κ1) is 16.8. The molecule has 7 nitrogen and oxygen atoms in total. The zero-order valence-corrected chi connectivity index (χ0v) is 11.3. The van der Waals surface area contributed by atoms with Gasteiger partial charge in [-0.1, -0.05) is 0 Å². The van der Waals surface area contributed by atoms with E-state index in [1.165, 1.54) is 26.2 Å². The van der Waals surface area contributed by atoms with E-state index < -0.39 is 23.6 Å². The molecule has 0 saturated heterocycles. The number of alkyl halides is 2. The summed E-state index contributed by atoms with van der Waals surface area (Å²) in [5, 5.41) is 13.5. The van der Waals surface area contributed by atoms with Crippen molar-refractivity contribution in [3.05, 3.63) is 33.9 Å². The van der Waals surface area contributed by atoms with Crippen LogP contribution in [-0.4, -0.2) is 37.3 Å². The topological polar surface area (TPSA) is 90.7 Å². The summed E-state index contributed by atoms with van der Waals surface area (Å²) in [6.07, 6.45) is -0.869. The number of hydrogen-bond donors (Lipinski definition) is 1. The highest BCUT2D eigenvalue weighted by Crippen LogP contribution is 2.26. The fourth-order valence-corrected chi connectivity index (χ4v) is 1.56. The summed E-state index contributed by atoms with van der Waals surface area (Å²) in [5.41, 5.74) is -0.160. The normalized spacial score (nSPS) is 12.0. The Hall–Kier alpha value is -2.29. The maximum absolute atomic E-state index is 12.0. The number of carbonyl (C=O) groups is 1. The van der Waals surface area contributed by atoms with Gasteiger partial charge in [-0.05, 0) is 19.1 Å². The van der Waals surface area contributed by atoms with Crippen molar-refractivity contribution in [2.24, 2.45) is 0 Å². The summed E-state index contributed by atoms with van der Waals surface area (Å²) >= 11 is 0. The lowest BCUT2D eigenvalue weighted by molar-refractivity contribution is -0.384. The van der Waals surface area contributed by atoms with Crippen LogP contribution < -0.4 is 5.32 Å². The molecule has 0 aliphatic carbocycles. The fourth-order valence-electron chi connectivity index (χ4n) is 1.56. The van der Waals surface area contributed by atoms with E-state index >= 15 is 0 Å². The Kier molecular flexibility index (Phi) is 5.97. The van der Waals surface area contributed by atoms with E-state index in [1.807, 2.05) is 0 Å². The third-order valence-electron chi connectivity index (χ3n) is 2.53. The second-order valence-corrected chi connectivity index (χ2v) is 4.07. The number of methoxy groups -OCH3 is 1. The average molecular weight is 304 g/mol. The van der Waals surface area contributed by atoms with Crippen molar-refractivity contribution in [2.75, 3.05) is 19.0 Å². The largest absolute Gasteiger partial charge is 0.465 e. The van der Waals surface area contributed by atoms with Gasteiger partial charge in [-0.15, -0.1) is 0 Å². The highest BCUT2D eigenvalue weighted by atomic mass is 19.3. The van der Waals surface area contributed by atoms with Crippen molar-refractivity contribution in [1.29, 1.82) is 0 Å². The maximum atomic E-state index is 12.0. The van der Waals surface area contributed by atoms with Crippen molar-refractivity contribution in [3.63, 3.8) is 0 Å². The molecular weight excluding hydrogens is 290 g/mol. The van der Waals surface area contributed by atoms with Crippen LogP contribution in [0.15, 0.2) is 18.2 Å². The molecule has 0 saturated carbocycles. The van der Waals surface area contributed by atoms with Crippen molar-refractivity contribution < 1.29 is 28.0 Å². The highest BCUT2D eigenvalue weighted by Gasteiger charge is 2.18. The molecule has 0 amide bonds. The summed E-state index contributed by atoms with van der Waals surface area (Å²) in [6.45, 7) is -1.64. The summed E-state index contributed by atoms with van der Waals surface area (Å²) in [4.78, 5) is 21.6. The van der Waals surface area contributed by atoms with Gasteiger partial charge in [-0.2, -0.15) is 8.78 Å². The Labute approximate surface area is 119 Å². The van der Waals surface area contributed by atoms with Gasteiger partial charge in [0.05, 0.1) is 23.7 Å². The number of hydrogen-bond acceptors (Lipinski definition) is 6. The number of esters is 1. The molecule has 0 aliphatic heterocycles. The van der Waals surface area contributed by atoms with Crippen LogP contribution >= 0.6 is 0 Å². The minimum Gasteiger partial charge on any atom is -0.465 e. The molecule has 0 fully saturated rings. The molecule has 116 valence electrons. The van der Waals surface area contributed by atoms with E-state index in [0.717, 1.165) is 6.07 Å². The number of nitro benzene ring substituents is 1. The van der Waals surface area contributed by atoms with Gasteiger partial charge >= 0.3 is 12.6 Å². The number of nitro groups is 1. The van der Waals surface area contributed by atoms with Gasteiger partial charge in [-0.3, -0.25) is 10.1 Å². The molecule has 1 aromatic carbocycles. The lowest BCUT2D eigenvalue weighted by Gasteiger charge is -2.14. The Bertz CT molecular complexity index is 524. The molecule has 0 aliphatic rings. The monoisotopic (exact) mass is 304 g/mol. The minimum absolute atomic E-state index is 0.0209. The number of carbonyl (C=O) groups excluding carboxylic acids is 1. The summed E-state index contributed by atoms with van der Waals surface area (Å²) in [6, 6.07) is 3.60. The van der Waals surface area contributed by atoms with Gasteiger partial charge in [0.25, 0.3) is 5.69 Å². The van der Waals surface area contributed by atoms with Gasteiger partial charge < -0.3 is 14.8 Å². The van der Waals surface area contributed by atoms with E-state index in [2.05, 4.69) is 14.8 Å². The van der Waals surface area contributed by atoms with E-state index in [4.69, 9.17) is 0 Å². The van der Waals surface area contributed by atoms with Crippen LogP contribution in [0.25, 0.3) is 0 Å². The molecule has 1 unspecified atom stereocenters. The van der Waals surface area contributed by atoms with Crippen LogP contribution in [0.1, 0.15) is 17.3 Å². The van der Waals surface area contributed by atoms with E-state index in [9.17, 15) is 23.7 Å². The highest BCUT2D eigenvalue weighted by molar-refractivity contribution is 5.91. The van der Waals surface area contributed by atoms with E-state index in [-0.39, 0.29) is 23.5 Å². The first-order valence-electron chi connectivity index (χ1n) is 5.89. The van der Waals surface area contributed by atoms with Crippen molar-refractivity contribution >= 4 is 17.3 Å². The molecule has 1 N–H and O–H groups in total. The molecule has 1 rings (SSSR count). The van der Waals surface area contributed by atoms with Gasteiger partial charge in [0, 0.05) is 12.6 Å². The lowest BCUT2D eigenvalue weighted by Crippen LogP contribution is -2.22. The second kappa shape index (κ2) is 7.48. The van der Waals surface area contributed by atoms with Gasteiger partial charge in [0.1, 0.15) is 5.69 Å². The lowest BCUT2D eigenvalue weighted by atomic mass is 10.1. The number of rotatable bonds is 7. The molecule has 9 heteroatoms. The quantitative estimate of drug-likeness (QED) is 0.472. The maximum Gasteiger partial charge on any atom is 0.345 e. The molecule has 0 spiro atoms. The molecule has 21 heavy (non-hydrogen) atoms. The second-order valence-electron chi connectivity index (χ2n) is 4.07.